The highest BCUT2D eigenvalue weighted by molar-refractivity contribution is 5.60. The zero-order chi connectivity index (χ0) is 12.1. The van der Waals surface area contributed by atoms with E-state index in [1.54, 1.807) is 13.2 Å². The molecule has 0 aliphatic heterocycles. The predicted molar refractivity (Wildman–Crippen MR) is 61.3 cm³/mol. The van der Waals surface area contributed by atoms with E-state index in [9.17, 15) is 0 Å². The number of hydrogen-bond donors (Lipinski definition) is 0. The van der Waals surface area contributed by atoms with Crippen molar-refractivity contribution >= 4 is 0 Å². The van der Waals surface area contributed by atoms with Crippen molar-refractivity contribution in [1.82, 2.24) is 5.16 Å². The molecule has 1 aromatic heterocycles. The van der Waals surface area contributed by atoms with Crippen LogP contribution >= 0.6 is 0 Å². The molecular formula is C11H10N4O2. The van der Waals surface area contributed by atoms with Gasteiger partial charge in [-0.05, 0) is 17.7 Å². The lowest BCUT2D eigenvalue weighted by atomic mass is 10.1. The number of methoxy groups -OCH3 is 1. The smallest absolute Gasteiger partial charge is 0.143 e. The van der Waals surface area contributed by atoms with E-state index in [1.807, 2.05) is 24.3 Å². The molecule has 2 rings (SSSR count). The van der Waals surface area contributed by atoms with Crippen LogP contribution in [0.15, 0.2) is 40.0 Å². The molecule has 0 amide bonds. The number of ether oxygens (including phenoxy) is 1. The second kappa shape index (κ2) is 5.05. The molecule has 0 radical (unpaired) electrons. The van der Waals surface area contributed by atoms with Crippen LogP contribution in [0.5, 0.6) is 5.75 Å². The van der Waals surface area contributed by atoms with E-state index in [0.717, 1.165) is 11.3 Å². The Balaban J connectivity index is 2.26. The molecule has 0 aliphatic carbocycles. The fourth-order valence-electron chi connectivity index (χ4n) is 1.41. The lowest BCUT2D eigenvalue weighted by Crippen LogP contribution is -1.83. The molecule has 0 atom stereocenters. The zero-order valence-corrected chi connectivity index (χ0v) is 9.20. The lowest BCUT2D eigenvalue weighted by molar-refractivity contribution is 0.386. The summed E-state index contributed by atoms with van der Waals surface area (Å²) in [6, 6.07) is 9.22. The van der Waals surface area contributed by atoms with E-state index in [-0.39, 0.29) is 6.54 Å². The van der Waals surface area contributed by atoms with Gasteiger partial charge in [0.05, 0.1) is 13.7 Å². The van der Waals surface area contributed by atoms with E-state index in [1.165, 1.54) is 0 Å². The van der Waals surface area contributed by atoms with E-state index >= 15 is 0 Å². The standard InChI is InChI=1S/C11H10N4O2/c1-16-9-4-2-3-8(5-9)11-6-10(17-14-11)7-13-15-12/h2-6H,7H2,1H3. The van der Waals surface area contributed by atoms with Crippen LogP contribution in [0, 0.1) is 0 Å². The molecular weight excluding hydrogens is 220 g/mol. The molecule has 0 saturated heterocycles. The summed E-state index contributed by atoms with van der Waals surface area (Å²) < 4.78 is 10.2. The number of hydrogen-bond acceptors (Lipinski definition) is 4. The van der Waals surface area contributed by atoms with Crippen LogP contribution in [0.4, 0.5) is 0 Å². The molecule has 0 N–H and O–H groups in total. The Morgan fingerprint density at radius 2 is 2.35 bits per heavy atom. The summed E-state index contributed by atoms with van der Waals surface area (Å²) in [6.45, 7) is 0.160. The van der Waals surface area contributed by atoms with Gasteiger partial charge in [-0.3, -0.25) is 0 Å². The maximum absolute atomic E-state index is 8.20. The quantitative estimate of drug-likeness (QED) is 0.459. The second-order valence-corrected chi connectivity index (χ2v) is 3.30. The van der Waals surface area contributed by atoms with E-state index in [4.69, 9.17) is 14.8 Å². The minimum absolute atomic E-state index is 0.160. The zero-order valence-electron chi connectivity index (χ0n) is 9.20. The van der Waals surface area contributed by atoms with Gasteiger partial charge < -0.3 is 9.26 Å². The van der Waals surface area contributed by atoms with Gasteiger partial charge in [-0.1, -0.05) is 22.4 Å². The number of aromatic nitrogens is 1. The van der Waals surface area contributed by atoms with Gasteiger partial charge in [-0.15, -0.1) is 0 Å². The highest BCUT2D eigenvalue weighted by Gasteiger charge is 2.06. The molecule has 0 bridgehead atoms. The minimum atomic E-state index is 0.160. The summed E-state index contributed by atoms with van der Waals surface area (Å²) in [5.41, 5.74) is 9.78. The van der Waals surface area contributed by atoms with Crippen LogP contribution in [0.2, 0.25) is 0 Å². The summed E-state index contributed by atoms with van der Waals surface area (Å²) in [4.78, 5) is 2.66. The first-order valence-corrected chi connectivity index (χ1v) is 4.94. The maximum atomic E-state index is 8.20. The third-order valence-electron chi connectivity index (χ3n) is 2.21. The van der Waals surface area contributed by atoms with Crippen molar-refractivity contribution in [2.24, 2.45) is 5.11 Å². The molecule has 0 saturated carbocycles. The van der Waals surface area contributed by atoms with E-state index in [0.29, 0.717) is 11.5 Å². The second-order valence-electron chi connectivity index (χ2n) is 3.30. The van der Waals surface area contributed by atoms with Gasteiger partial charge >= 0.3 is 0 Å². The number of azide groups is 1. The molecule has 6 nitrogen and oxygen atoms in total. The largest absolute Gasteiger partial charge is 0.497 e. The number of rotatable bonds is 4. The topological polar surface area (TPSA) is 84.0 Å². The van der Waals surface area contributed by atoms with Crippen LogP contribution in [0.3, 0.4) is 0 Å². The van der Waals surface area contributed by atoms with E-state index < -0.39 is 0 Å². The van der Waals surface area contributed by atoms with Crippen LogP contribution in [0.25, 0.3) is 21.7 Å². The summed E-state index contributed by atoms with van der Waals surface area (Å²) in [6.07, 6.45) is 0. The molecule has 6 heteroatoms. The van der Waals surface area contributed by atoms with Gasteiger partial charge in [-0.2, -0.15) is 0 Å². The van der Waals surface area contributed by atoms with Crippen LogP contribution in [-0.4, -0.2) is 12.3 Å². The Bertz CT molecular complexity index is 558. The fraction of sp³-hybridized carbons (Fsp3) is 0.182. The summed E-state index contributed by atoms with van der Waals surface area (Å²) in [5.74, 6) is 1.28. The van der Waals surface area contributed by atoms with Crippen LogP contribution < -0.4 is 4.74 Å². The van der Waals surface area contributed by atoms with Crippen LogP contribution in [0.1, 0.15) is 5.76 Å². The van der Waals surface area contributed by atoms with Gasteiger partial charge in [-0.25, -0.2) is 0 Å². The fourth-order valence-corrected chi connectivity index (χ4v) is 1.41. The summed E-state index contributed by atoms with van der Waals surface area (Å²) >= 11 is 0. The normalized spacial score (nSPS) is 9.71. The third-order valence-corrected chi connectivity index (χ3v) is 2.21. The third kappa shape index (κ3) is 2.56. The molecule has 1 heterocycles. The number of benzene rings is 1. The first-order valence-electron chi connectivity index (χ1n) is 4.94. The Morgan fingerprint density at radius 1 is 1.47 bits per heavy atom. The first kappa shape index (κ1) is 11.0. The Morgan fingerprint density at radius 3 is 3.12 bits per heavy atom. The molecule has 0 aliphatic rings. The highest BCUT2D eigenvalue weighted by Crippen LogP contribution is 2.23. The average molecular weight is 230 g/mol. The van der Waals surface area contributed by atoms with Crippen molar-refractivity contribution < 1.29 is 9.26 Å². The first-order chi connectivity index (χ1) is 8.33. The Hall–Kier alpha value is -2.46. The SMILES string of the molecule is COc1cccc(-c2cc(CN=[N+]=[N-])on2)c1. The van der Waals surface area contributed by atoms with Crippen molar-refractivity contribution in [2.75, 3.05) is 7.11 Å². The van der Waals surface area contributed by atoms with Crippen molar-refractivity contribution in [1.29, 1.82) is 0 Å². The average Bonchev–Trinajstić information content (AvgIpc) is 2.85. The molecule has 2 aromatic rings. The molecule has 0 spiro atoms. The van der Waals surface area contributed by atoms with E-state index in [2.05, 4.69) is 15.2 Å². The van der Waals surface area contributed by atoms with Gasteiger partial charge in [0.1, 0.15) is 17.2 Å². The molecule has 1 aromatic carbocycles. The monoisotopic (exact) mass is 230 g/mol. The van der Waals surface area contributed by atoms with Gasteiger partial charge in [0.15, 0.2) is 0 Å². The van der Waals surface area contributed by atoms with Crippen molar-refractivity contribution in [3.63, 3.8) is 0 Å². The lowest BCUT2D eigenvalue weighted by Gasteiger charge is -2.00. The van der Waals surface area contributed by atoms with Crippen molar-refractivity contribution in [2.45, 2.75) is 6.54 Å². The number of nitrogens with zero attached hydrogens (tertiary/aromatic N) is 4. The molecule has 0 unspecified atom stereocenters. The Kier molecular flexibility index (Phi) is 3.28. The van der Waals surface area contributed by atoms with Gasteiger partial charge in [0, 0.05) is 16.5 Å². The maximum Gasteiger partial charge on any atom is 0.143 e. The van der Waals surface area contributed by atoms with Crippen LogP contribution in [-0.2, 0) is 6.54 Å². The summed E-state index contributed by atoms with van der Waals surface area (Å²) in [5, 5.41) is 7.31. The van der Waals surface area contributed by atoms with Gasteiger partial charge in [0.25, 0.3) is 0 Å². The predicted octanol–water partition coefficient (Wildman–Crippen LogP) is 3.16. The van der Waals surface area contributed by atoms with Gasteiger partial charge in [0.2, 0.25) is 0 Å². The summed E-state index contributed by atoms with van der Waals surface area (Å²) in [7, 11) is 1.61. The molecule has 17 heavy (non-hydrogen) atoms. The Labute approximate surface area is 97.4 Å². The van der Waals surface area contributed by atoms with Crippen molar-refractivity contribution in [3.05, 3.63) is 46.5 Å². The molecule has 86 valence electrons. The van der Waals surface area contributed by atoms with Crippen molar-refractivity contribution in [3.8, 4) is 17.0 Å². The highest BCUT2D eigenvalue weighted by atomic mass is 16.5. The minimum Gasteiger partial charge on any atom is -0.497 e. The molecule has 0 fully saturated rings.